The average Bonchev–Trinajstić information content (AvgIpc) is 3.03. The summed E-state index contributed by atoms with van der Waals surface area (Å²) in [4.78, 5) is 31.4. The fourth-order valence-corrected chi connectivity index (χ4v) is 5.72. The molecule has 31 heavy (non-hydrogen) atoms. The van der Waals surface area contributed by atoms with Crippen LogP contribution in [0, 0.1) is 23.2 Å². The predicted molar refractivity (Wildman–Crippen MR) is 125 cm³/mol. The number of fused-ring (bicyclic) bond motifs is 2. The van der Waals surface area contributed by atoms with Crippen LogP contribution in [0.1, 0.15) is 56.0 Å². The third kappa shape index (κ3) is 3.32. The Morgan fingerprint density at radius 2 is 1.81 bits per heavy atom. The third-order valence-electron chi connectivity index (χ3n) is 7.78. The van der Waals surface area contributed by atoms with E-state index in [0.29, 0.717) is 16.5 Å². The van der Waals surface area contributed by atoms with E-state index in [9.17, 15) is 9.59 Å². The molecule has 2 atom stereocenters. The predicted octanol–water partition coefficient (Wildman–Crippen LogP) is 6.13. The highest BCUT2D eigenvalue weighted by Gasteiger charge is 2.71. The van der Waals surface area contributed by atoms with E-state index in [-0.39, 0.29) is 16.7 Å². The zero-order valence-corrected chi connectivity index (χ0v) is 19.9. The Morgan fingerprint density at radius 3 is 2.52 bits per heavy atom. The maximum Gasteiger partial charge on any atom is 0.366 e. The fourth-order valence-electron chi connectivity index (χ4n) is 5.27. The van der Waals surface area contributed by atoms with Crippen molar-refractivity contribution >= 4 is 39.2 Å². The first kappa shape index (κ1) is 21.8. The zero-order valence-electron chi connectivity index (χ0n) is 18.3. The van der Waals surface area contributed by atoms with Gasteiger partial charge in [0.1, 0.15) is 0 Å². The number of amides is 1. The molecular weight excluding hydrogens is 456 g/mol. The van der Waals surface area contributed by atoms with Gasteiger partial charge < -0.3 is 10.2 Å². The number of carbonyl (C=O) groups is 2. The minimum Gasteiger partial charge on any atom is -0.326 e. The summed E-state index contributed by atoms with van der Waals surface area (Å²) >= 11 is 3.37. The van der Waals surface area contributed by atoms with E-state index in [0.717, 1.165) is 29.8 Å². The van der Waals surface area contributed by atoms with Crippen LogP contribution in [0.3, 0.4) is 0 Å². The van der Waals surface area contributed by atoms with Crippen LogP contribution >= 0.6 is 15.9 Å². The van der Waals surface area contributed by atoms with E-state index in [2.05, 4.69) is 47.2 Å². The molecule has 0 heterocycles. The van der Waals surface area contributed by atoms with Crippen LogP contribution in [-0.4, -0.2) is 17.6 Å². The normalized spacial score (nSPS) is 27.3. The number of nitrogens with one attached hydrogen (secondary N) is 1. The number of halogens is 1. The van der Waals surface area contributed by atoms with Crippen molar-refractivity contribution in [1.82, 2.24) is 0 Å². The molecule has 2 aliphatic rings. The number of aryl methyl sites for hydroxylation is 1. The Kier molecular flexibility index (Phi) is 5.32. The summed E-state index contributed by atoms with van der Waals surface area (Å²) in [7, 11) is 0. The molecule has 0 aliphatic heterocycles. The number of rotatable bonds is 4. The van der Waals surface area contributed by atoms with Crippen LogP contribution in [-0.2, 0) is 9.63 Å². The monoisotopic (exact) mass is 482 g/mol. The smallest absolute Gasteiger partial charge is 0.326 e. The van der Waals surface area contributed by atoms with Gasteiger partial charge in [-0.3, -0.25) is 4.79 Å². The Balaban J connectivity index is 1.60. The molecule has 2 bridgehead atoms. The highest BCUT2D eigenvalue weighted by atomic mass is 79.9. The van der Waals surface area contributed by atoms with Crippen molar-refractivity contribution in [3.05, 3.63) is 64.1 Å². The Labute approximate surface area is 191 Å². The molecule has 0 spiro atoms. The topological polar surface area (TPSA) is 67.8 Å². The molecule has 0 aromatic heterocycles. The van der Waals surface area contributed by atoms with E-state index in [1.165, 1.54) is 0 Å². The summed E-state index contributed by atoms with van der Waals surface area (Å²) < 4.78 is 0.661. The van der Waals surface area contributed by atoms with Crippen LogP contribution in [0.15, 0.2) is 58.2 Å². The quantitative estimate of drug-likeness (QED) is 0.421. The minimum atomic E-state index is -0.593. The van der Waals surface area contributed by atoms with Crippen molar-refractivity contribution in [3.8, 4) is 0 Å². The summed E-state index contributed by atoms with van der Waals surface area (Å²) in [6, 6.07) is 14.9. The lowest BCUT2D eigenvalue weighted by Crippen LogP contribution is -2.43. The lowest BCUT2D eigenvalue weighted by molar-refractivity contribution is -0.130. The van der Waals surface area contributed by atoms with E-state index in [1.54, 1.807) is 18.2 Å². The largest absolute Gasteiger partial charge is 0.366 e. The highest BCUT2D eigenvalue weighted by molar-refractivity contribution is 9.10. The summed E-state index contributed by atoms with van der Waals surface area (Å²) in [5.41, 5.74) is 1.87. The molecule has 0 saturated heterocycles. The van der Waals surface area contributed by atoms with Crippen LogP contribution in [0.25, 0.3) is 0 Å². The van der Waals surface area contributed by atoms with E-state index in [1.807, 2.05) is 37.3 Å². The van der Waals surface area contributed by atoms with Gasteiger partial charge in [-0.15, -0.1) is 0 Å². The lowest BCUT2D eigenvalue weighted by atomic mass is 9.64. The molecule has 2 unspecified atom stereocenters. The number of benzene rings is 2. The molecule has 5 nitrogen and oxygen atoms in total. The van der Waals surface area contributed by atoms with Gasteiger partial charge in [0, 0.05) is 22.0 Å². The number of hydrogen-bond acceptors (Lipinski definition) is 4. The van der Waals surface area contributed by atoms with Crippen molar-refractivity contribution in [2.45, 2.75) is 47.0 Å². The van der Waals surface area contributed by atoms with Crippen LogP contribution in [0.5, 0.6) is 0 Å². The number of hydrogen-bond donors (Lipinski definition) is 1. The number of nitrogens with zero attached hydrogens (tertiary/aromatic N) is 1. The average molecular weight is 483 g/mol. The van der Waals surface area contributed by atoms with Crippen LogP contribution < -0.4 is 5.32 Å². The van der Waals surface area contributed by atoms with Gasteiger partial charge in [-0.1, -0.05) is 50.2 Å². The van der Waals surface area contributed by atoms with Crippen LogP contribution in [0.4, 0.5) is 5.69 Å². The first-order valence-electron chi connectivity index (χ1n) is 10.5. The Bertz CT molecular complexity index is 1090. The van der Waals surface area contributed by atoms with E-state index in [4.69, 9.17) is 4.84 Å². The minimum absolute atomic E-state index is 0.00848. The molecule has 2 saturated carbocycles. The Morgan fingerprint density at radius 1 is 1.06 bits per heavy atom. The number of oxime groups is 1. The molecule has 162 valence electrons. The van der Waals surface area contributed by atoms with Gasteiger partial charge in [-0.2, -0.15) is 0 Å². The molecule has 1 amide bonds. The Hall–Kier alpha value is -2.47. The first-order chi connectivity index (χ1) is 14.6. The van der Waals surface area contributed by atoms with Crippen molar-refractivity contribution in [2.24, 2.45) is 21.4 Å². The van der Waals surface area contributed by atoms with Gasteiger partial charge in [0.05, 0.1) is 16.7 Å². The van der Waals surface area contributed by atoms with Gasteiger partial charge in [0.15, 0.2) is 0 Å². The summed E-state index contributed by atoms with van der Waals surface area (Å²) in [6.07, 6.45) is 2.09. The van der Waals surface area contributed by atoms with E-state index >= 15 is 0 Å². The van der Waals surface area contributed by atoms with Gasteiger partial charge in [-0.25, -0.2) is 4.79 Å². The van der Waals surface area contributed by atoms with Gasteiger partial charge >= 0.3 is 5.97 Å². The summed E-state index contributed by atoms with van der Waals surface area (Å²) in [6.45, 7) is 8.40. The van der Waals surface area contributed by atoms with Crippen molar-refractivity contribution in [3.63, 3.8) is 0 Å². The molecule has 1 N–H and O–H groups in total. The van der Waals surface area contributed by atoms with Crippen LogP contribution in [0.2, 0.25) is 0 Å². The molecule has 4 rings (SSSR count). The second-order valence-corrected chi connectivity index (χ2v) is 10.3. The van der Waals surface area contributed by atoms with Crippen molar-refractivity contribution in [2.75, 3.05) is 5.32 Å². The molecule has 6 heteroatoms. The molecule has 2 aromatic rings. The lowest BCUT2D eigenvalue weighted by Gasteiger charge is -2.39. The van der Waals surface area contributed by atoms with Crippen molar-refractivity contribution in [1.29, 1.82) is 0 Å². The first-order valence-corrected chi connectivity index (χ1v) is 11.3. The maximum atomic E-state index is 13.5. The molecule has 2 aromatic carbocycles. The summed E-state index contributed by atoms with van der Waals surface area (Å²) in [5.74, 6) is -0.503. The second kappa shape index (κ2) is 7.59. The fraction of sp³-hybridized carbons (Fsp3) is 0.400. The maximum absolute atomic E-state index is 13.5. The number of anilines is 1. The third-order valence-corrected chi connectivity index (χ3v) is 8.47. The van der Waals surface area contributed by atoms with Gasteiger partial charge in [-0.05, 0) is 70.9 Å². The molecular formula is C25H27BrN2O3. The zero-order chi connectivity index (χ0) is 22.4. The number of carbonyl (C=O) groups excluding carboxylic acids is 2. The standard InChI is InChI=1S/C25H27BrN2O3/c1-16-8-7-9-17(14-16)27-22(30)25-13-12-24(4,23(25,2)3)20(15-25)28-31-21(29)18-10-5-6-11-19(18)26/h5-11,14H,12-13,15H2,1-4H3,(H,27,30)/b28-20+. The van der Waals surface area contributed by atoms with Crippen molar-refractivity contribution < 1.29 is 14.4 Å². The molecule has 2 aliphatic carbocycles. The molecule has 2 fully saturated rings. The summed E-state index contributed by atoms with van der Waals surface area (Å²) in [5, 5.41) is 7.43. The van der Waals surface area contributed by atoms with Gasteiger partial charge in [0.2, 0.25) is 5.91 Å². The molecule has 0 radical (unpaired) electrons. The highest BCUT2D eigenvalue weighted by Crippen LogP contribution is 2.71. The second-order valence-electron chi connectivity index (χ2n) is 9.44. The van der Waals surface area contributed by atoms with E-state index < -0.39 is 11.4 Å². The SMILES string of the molecule is Cc1cccc(NC(=O)C23CCC(C)(/C(=N/OC(=O)c4ccccc4Br)C2)C3(C)C)c1. The van der Waals surface area contributed by atoms with Gasteiger partial charge in [0.25, 0.3) is 0 Å².